The van der Waals surface area contributed by atoms with Crippen molar-refractivity contribution >= 4 is 23.7 Å². The highest BCUT2D eigenvalue weighted by Gasteiger charge is 2.18. The summed E-state index contributed by atoms with van der Waals surface area (Å²) in [5.74, 6) is -0.272. The van der Waals surface area contributed by atoms with Crippen LogP contribution in [0.2, 0.25) is 5.02 Å². The van der Waals surface area contributed by atoms with E-state index in [0.717, 1.165) is 33.5 Å². The molecule has 0 bridgehead atoms. The maximum Gasteiger partial charge on any atom is 0.407 e. The van der Waals surface area contributed by atoms with E-state index in [0.29, 0.717) is 38.9 Å². The number of hydrogen-bond acceptors (Lipinski definition) is 11. The molecule has 5 aromatic rings. The highest BCUT2D eigenvalue weighted by Crippen LogP contribution is 2.36. The second-order valence-electron chi connectivity index (χ2n) is 14.1. The van der Waals surface area contributed by atoms with Crippen molar-refractivity contribution in [2.75, 3.05) is 6.54 Å². The molecule has 0 aliphatic heterocycles. The average Bonchev–Trinajstić information content (AvgIpc) is 3.62. The van der Waals surface area contributed by atoms with E-state index in [1.807, 2.05) is 50.2 Å². The Labute approximate surface area is 330 Å². The van der Waals surface area contributed by atoms with E-state index >= 15 is 0 Å². The topological polar surface area (TPSA) is 194 Å². The van der Waals surface area contributed by atoms with Gasteiger partial charge in [-0.3, -0.25) is 9.78 Å². The number of nitriles is 1. The summed E-state index contributed by atoms with van der Waals surface area (Å²) in [4.78, 5) is 27.2. The molecule has 0 unspecified atom stereocenters. The predicted octanol–water partition coefficient (Wildman–Crippen LogP) is 6.58. The Kier molecular flexibility index (Phi) is 13.6. The molecule has 5 rings (SSSR count). The third-order valence-corrected chi connectivity index (χ3v) is 8.86. The summed E-state index contributed by atoms with van der Waals surface area (Å²) in [7, 11) is 0. The van der Waals surface area contributed by atoms with Gasteiger partial charge in [0.2, 0.25) is 0 Å². The number of alkyl carbamates (subject to hydrolysis) is 1. The minimum absolute atomic E-state index is 0.0426. The fourth-order valence-corrected chi connectivity index (χ4v) is 6.06. The Hall–Kier alpha value is -6.01. The molecule has 56 heavy (non-hydrogen) atoms. The number of carbonyl (C=O) groups excluding carboxylic acids is 1. The fraction of sp³-hybridized carbons (Fsp3) is 0.317. The molecular formula is C41H44ClN7O7. The Morgan fingerprint density at radius 3 is 2.43 bits per heavy atom. The summed E-state index contributed by atoms with van der Waals surface area (Å²) in [6.07, 6.45) is 2.85. The number of halogens is 1. The minimum Gasteiger partial charge on any atom is -0.488 e. The molecule has 14 nitrogen and oxygen atoms in total. The Morgan fingerprint density at radius 2 is 1.70 bits per heavy atom. The van der Waals surface area contributed by atoms with Crippen LogP contribution in [0.25, 0.3) is 16.8 Å². The second-order valence-corrected chi connectivity index (χ2v) is 14.5. The smallest absolute Gasteiger partial charge is 0.407 e. The van der Waals surface area contributed by atoms with Crippen molar-refractivity contribution in [1.82, 2.24) is 30.6 Å². The van der Waals surface area contributed by atoms with Crippen molar-refractivity contribution in [2.45, 2.75) is 79.0 Å². The van der Waals surface area contributed by atoms with Gasteiger partial charge in [-0.1, -0.05) is 47.1 Å². The van der Waals surface area contributed by atoms with Crippen molar-refractivity contribution < 1.29 is 34.0 Å². The van der Waals surface area contributed by atoms with Crippen LogP contribution in [0.3, 0.4) is 0 Å². The number of aromatic nitrogens is 4. The number of amides is 1. The van der Waals surface area contributed by atoms with Gasteiger partial charge in [0.1, 0.15) is 42.1 Å². The maximum atomic E-state index is 12.1. The first-order valence-electron chi connectivity index (χ1n) is 17.8. The monoisotopic (exact) mass is 781 g/mol. The van der Waals surface area contributed by atoms with Crippen molar-refractivity contribution in [1.29, 1.82) is 5.26 Å². The summed E-state index contributed by atoms with van der Waals surface area (Å²) in [5.41, 5.74) is 7.46. The molecule has 2 aromatic heterocycles. The highest BCUT2D eigenvalue weighted by molar-refractivity contribution is 6.32. The molecule has 1 amide bonds. The quantitative estimate of drug-likeness (QED) is 0.0842. The Morgan fingerprint density at radius 1 is 0.964 bits per heavy atom. The van der Waals surface area contributed by atoms with Gasteiger partial charge in [0.15, 0.2) is 0 Å². The van der Waals surface area contributed by atoms with Gasteiger partial charge in [-0.15, -0.1) is 5.10 Å². The number of ether oxygens (including phenoxy) is 3. The molecule has 0 saturated heterocycles. The third-order valence-electron chi connectivity index (χ3n) is 8.56. The van der Waals surface area contributed by atoms with E-state index in [1.54, 1.807) is 56.0 Å². The molecule has 2 heterocycles. The number of aliphatic carboxylic acids is 1. The summed E-state index contributed by atoms with van der Waals surface area (Å²) in [6.45, 7) is 10.2. The van der Waals surface area contributed by atoms with Gasteiger partial charge in [0.05, 0.1) is 41.5 Å². The van der Waals surface area contributed by atoms with E-state index < -0.39 is 30.2 Å². The Bertz CT molecular complexity index is 2230. The molecule has 292 valence electrons. The summed E-state index contributed by atoms with van der Waals surface area (Å²) < 4.78 is 19.5. The molecule has 0 radical (unpaired) electrons. The van der Waals surface area contributed by atoms with Crippen LogP contribution < -0.4 is 20.1 Å². The van der Waals surface area contributed by atoms with Gasteiger partial charge >= 0.3 is 12.1 Å². The second kappa shape index (κ2) is 18.5. The van der Waals surface area contributed by atoms with E-state index in [1.165, 1.54) is 6.20 Å². The number of aliphatic hydroxyl groups excluding tert-OH is 1. The van der Waals surface area contributed by atoms with E-state index in [2.05, 4.69) is 32.0 Å². The summed E-state index contributed by atoms with van der Waals surface area (Å²) in [5, 5.41) is 42.9. The molecule has 0 fully saturated rings. The number of nitrogens with one attached hydrogen (secondary N) is 2. The van der Waals surface area contributed by atoms with Gasteiger partial charge in [-0.2, -0.15) is 5.26 Å². The number of carboxylic acid groups (broad SMARTS) is 1. The lowest BCUT2D eigenvalue weighted by Crippen LogP contribution is -2.32. The van der Waals surface area contributed by atoms with Crippen molar-refractivity contribution in [3.63, 3.8) is 0 Å². The number of hydrogen-bond donors (Lipinski definition) is 4. The van der Waals surface area contributed by atoms with Crippen LogP contribution >= 0.6 is 11.6 Å². The zero-order valence-corrected chi connectivity index (χ0v) is 32.6. The first-order chi connectivity index (χ1) is 26.7. The number of pyridine rings is 1. The van der Waals surface area contributed by atoms with Crippen LogP contribution in [-0.4, -0.2) is 60.5 Å². The van der Waals surface area contributed by atoms with Crippen LogP contribution in [0, 0.1) is 25.2 Å². The molecule has 0 saturated carbocycles. The van der Waals surface area contributed by atoms with Crippen LogP contribution in [0.1, 0.15) is 66.3 Å². The van der Waals surface area contributed by atoms with Crippen LogP contribution in [-0.2, 0) is 35.8 Å². The van der Waals surface area contributed by atoms with Gasteiger partial charge in [-0.25, -0.2) is 9.48 Å². The largest absolute Gasteiger partial charge is 0.488 e. The van der Waals surface area contributed by atoms with Crippen LogP contribution in [0.15, 0.2) is 73.2 Å². The Balaban J connectivity index is 1.33. The number of aliphatic hydroxyl groups is 1. The van der Waals surface area contributed by atoms with Crippen molar-refractivity contribution in [2.24, 2.45) is 0 Å². The molecule has 0 aliphatic carbocycles. The number of nitrogens with zero attached hydrogens (tertiary/aromatic N) is 5. The van der Waals surface area contributed by atoms with Gasteiger partial charge in [0, 0.05) is 42.7 Å². The van der Waals surface area contributed by atoms with Crippen molar-refractivity contribution in [3.05, 3.63) is 117 Å². The fourth-order valence-electron chi connectivity index (χ4n) is 5.82. The standard InChI is InChI=1S/C41H44ClN7O7/c1-25-29(8-6-9-33(25)34-10-7-11-36(26(34)2)49-22-31(47-48-49)20-46-40(53)56-41(3,4)5)24-55-38-15-37(54-23-28-12-27(16-43)17-44-18-28)30(13-35(38)42)19-45-21-32(50)14-39(51)52/h6-13,15,17-18,22,32,45,50H,14,19-21,23-24H2,1-5H3,(H,46,53)(H,51,52)/t32-/m0/s1. The lowest BCUT2D eigenvalue weighted by Gasteiger charge is -2.19. The maximum absolute atomic E-state index is 12.1. The van der Waals surface area contributed by atoms with Crippen LogP contribution in [0.5, 0.6) is 11.5 Å². The number of benzene rings is 3. The average molecular weight is 782 g/mol. The molecular weight excluding hydrogens is 738 g/mol. The van der Waals surface area contributed by atoms with Gasteiger partial charge < -0.3 is 35.1 Å². The highest BCUT2D eigenvalue weighted by atomic mass is 35.5. The van der Waals surface area contributed by atoms with Gasteiger partial charge in [0.25, 0.3) is 0 Å². The van der Waals surface area contributed by atoms with Crippen molar-refractivity contribution in [3.8, 4) is 34.4 Å². The predicted molar refractivity (Wildman–Crippen MR) is 208 cm³/mol. The normalized spacial score (nSPS) is 11.8. The van der Waals surface area contributed by atoms with E-state index in [9.17, 15) is 20.0 Å². The molecule has 1 atom stereocenters. The molecule has 15 heteroatoms. The third kappa shape index (κ3) is 11.3. The van der Waals surface area contributed by atoms with Gasteiger partial charge in [-0.05, 0) is 80.6 Å². The zero-order valence-electron chi connectivity index (χ0n) is 31.8. The lowest BCUT2D eigenvalue weighted by molar-refractivity contribution is -0.139. The SMILES string of the molecule is Cc1c(COc2cc(OCc3cncc(C#N)c3)c(CNC[C@@H](O)CC(=O)O)cc2Cl)cccc1-c1cccc(-n2cc(CNC(=O)OC(C)(C)C)nn2)c1C. The van der Waals surface area contributed by atoms with E-state index in [-0.39, 0.29) is 32.8 Å². The zero-order chi connectivity index (χ0) is 40.4. The summed E-state index contributed by atoms with van der Waals surface area (Å²) >= 11 is 6.74. The lowest BCUT2D eigenvalue weighted by atomic mass is 9.93. The van der Waals surface area contributed by atoms with E-state index in [4.69, 9.17) is 30.9 Å². The first kappa shape index (κ1) is 41.2. The first-order valence-corrected chi connectivity index (χ1v) is 18.2. The molecule has 3 aromatic carbocycles. The molecule has 0 aliphatic rings. The number of rotatable bonds is 16. The van der Waals surface area contributed by atoms with Crippen LogP contribution in [0.4, 0.5) is 4.79 Å². The molecule has 4 N–H and O–H groups in total. The minimum atomic E-state index is -1.10. The summed E-state index contributed by atoms with van der Waals surface area (Å²) in [6, 6.07) is 19.1. The number of carbonyl (C=O) groups is 2. The number of carboxylic acids is 1. The molecule has 0 spiro atoms.